The summed E-state index contributed by atoms with van der Waals surface area (Å²) in [6, 6.07) is 0. The Labute approximate surface area is 302 Å². The summed E-state index contributed by atoms with van der Waals surface area (Å²) >= 11 is 0. The second kappa shape index (κ2) is 35.1. The number of aliphatic hydroxyl groups is 1. The normalized spacial score (nSPS) is 14.7. The molecule has 4 N–H and O–H groups in total. The van der Waals surface area contributed by atoms with Crippen molar-refractivity contribution in [2.45, 2.75) is 148 Å². The topological polar surface area (TPSA) is 155 Å². The molecule has 0 aromatic carbocycles. The zero-order valence-electron chi connectivity index (χ0n) is 31.0. The molecule has 0 aromatic rings. The number of hydrogen-bond donors (Lipinski definition) is 3. The predicted molar refractivity (Wildman–Crippen MR) is 202 cm³/mol. The number of hydrogen-bond acceptors (Lipinski definition) is 9. The summed E-state index contributed by atoms with van der Waals surface area (Å²) in [7, 11) is -4.41. The molecule has 3 atom stereocenters. The van der Waals surface area contributed by atoms with Gasteiger partial charge in [-0.25, -0.2) is 4.57 Å². The Morgan fingerprint density at radius 2 is 1.32 bits per heavy atom. The van der Waals surface area contributed by atoms with Gasteiger partial charge in [0.05, 0.1) is 19.3 Å². The van der Waals surface area contributed by atoms with E-state index in [0.29, 0.717) is 25.7 Å². The number of nitrogens with two attached hydrogens (primary N) is 1. The largest absolute Gasteiger partial charge is 0.472 e. The SMILES string of the molecule is CCCC/C=C\CCCCCCCC(=O)OC[C@H](COP(=O)(O)OCCN)OC(=O)CCC/C=C/C=C\C(O)C/C=C\C/C=C\CCCCC. The third-order valence-electron chi connectivity index (χ3n) is 7.46. The van der Waals surface area contributed by atoms with Gasteiger partial charge in [0, 0.05) is 19.4 Å². The van der Waals surface area contributed by atoms with E-state index in [4.69, 9.17) is 24.3 Å². The van der Waals surface area contributed by atoms with E-state index in [-0.39, 0.29) is 32.6 Å². The molecule has 0 spiro atoms. The van der Waals surface area contributed by atoms with Crippen molar-refractivity contribution < 1.29 is 42.7 Å². The van der Waals surface area contributed by atoms with E-state index >= 15 is 0 Å². The first-order valence-corrected chi connectivity index (χ1v) is 20.4. The second-order valence-electron chi connectivity index (χ2n) is 12.3. The first-order chi connectivity index (χ1) is 24.2. The van der Waals surface area contributed by atoms with Crippen molar-refractivity contribution in [2.75, 3.05) is 26.4 Å². The highest BCUT2D eigenvalue weighted by atomic mass is 31.2. The molecule has 0 aliphatic rings. The molecule has 0 fully saturated rings. The standard InChI is InChI=1S/C39H68NO9P/c1-3-5-7-9-11-13-14-16-18-22-26-30-38(42)46-34-37(35-48-50(44,45)47-33-32-40)49-39(43)31-27-23-19-21-25-29-36(41)28-24-20-17-15-12-10-8-6-4-2/h9,11-12,15,19-21,24-25,29,36-37,41H,3-8,10,13-14,16-18,22-23,26-28,30-35,40H2,1-2H3,(H,44,45)/b11-9-,15-12-,21-19+,24-20-,29-25-/t36?,37-/m1/s1. The van der Waals surface area contributed by atoms with Crippen molar-refractivity contribution in [1.29, 1.82) is 0 Å². The molecule has 50 heavy (non-hydrogen) atoms. The lowest BCUT2D eigenvalue weighted by Gasteiger charge is -2.19. The average molecular weight is 726 g/mol. The fraction of sp³-hybridized carbons (Fsp3) is 0.692. The molecular weight excluding hydrogens is 657 g/mol. The van der Waals surface area contributed by atoms with Gasteiger partial charge in [-0.15, -0.1) is 0 Å². The van der Waals surface area contributed by atoms with E-state index in [9.17, 15) is 24.2 Å². The summed E-state index contributed by atoms with van der Waals surface area (Å²) in [6.07, 6.45) is 35.7. The van der Waals surface area contributed by atoms with Gasteiger partial charge in [0.1, 0.15) is 6.61 Å². The lowest BCUT2D eigenvalue weighted by atomic mass is 10.1. The number of carbonyl (C=O) groups is 2. The van der Waals surface area contributed by atoms with Gasteiger partial charge in [-0.1, -0.05) is 120 Å². The minimum Gasteiger partial charge on any atom is -0.462 e. The van der Waals surface area contributed by atoms with Crippen LogP contribution in [0.25, 0.3) is 0 Å². The van der Waals surface area contributed by atoms with Crippen LogP contribution in [-0.4, -0.2) is 60.5 Å². The minimum absolute atomic E-state index is 0.0273. The van der Waals surface area contributed by atoms with E-state index in [1.54, 1.807) is 12.2 Å². The summed E-state index contributed by atoms with van der Waals surface area (Å²) < 4.78 is 32.5. The van der Waals surface area contributed by atoms with Crippen molar-refractivity contribution in [2.24, 2.45) is 5.73 Å². The van der Waals surface area contributed by atoms with Gasteiger partial charge in [0.15, 0.2) is 6.10 Å². The molecule has 0 aliphatic carbocycles. The Balaban J connectivity index is 4.46. The first kappa shape index (κ1) is 47.7. The maximum atomic E-state index is 12.5. The van der Waals surface area contributed by atoms with Crippen LogP contribution in [0.5, 0.6) is 0 Å². The van der Waals surface area contributed by atoms with E-state index in [1.165, 1.54) is 32.1 Å². The van der Waals surface area contributed by atoms with Crippen LogP contribution >= 0.6 is 7.82 Å². The van der Waals surface area contributed by atoms with Crippen molar-refractivity contribution in [3.05, 3.63) is 60.8 Å². The van der Waals surface area contributed by atoms with Gasteiger partial charge in [0.25, 0.3) is 0 Å². The van der Waals surface area contributed by atoms with Crippen LogP contribution in [0.2, 0.25) is 0 Å². The first-order valence-electron chi connectivity index (χ1n) is 18.9. The molecule has 0 amide bonds. The Morgan fingerprint density at radius 1 is 0.700 bits per heavy atom. The lowest BCUT2D eigenvalue weighted by molar-refractivity contribution is -0.161. The molecule has 288 valence electrons. The highest BCUT2D eigenvalue weighted by Gasteiger charge is 2.25. The predicted octanol–water partition coefficient (Wildman–Crippen LogP) is 9.13. The number of carbonyl (C=O) groups excluding carboxylic acids is 2. The monoisotopic (exact) mass is 725 g/mol. The molecule has 0 bridgehead atoms. The quantitative estimate of drug-likeness (QED) is 0.0192. The molecule has 0 heterocycles. The Morgan fingerprint density at radius 3 is 2.06 bits per heavy atom. The number of unbranched alkanes of at least 4 members (excludes halogenated alkanes) is 11. The number of rotatable bonds is 34. The van der Waals surface area contributed by atoms with E-state index in [2.05, 4.69) is 44.2 Å². The van der Waals surface area contributed by atoms with Gasteiger partial charge in [-0.05, 0) is 64.2 Å². The Hall–Kier alpha value is -2.33. The van der Waals surface area contributed by atoms with Gasteiger partial charge in [-0.2, -0.15) is 0 Å². The average Bonchev–Trinajstić information content (AvgIpc) is 3.09. The molecule has 0 radical (unpaired) electrons. The highest BCUT2D eigenvalue weighted by Crippen LogP contribution is 2.43. The molecule has 0 aliphatic heterocycles. The number of esters is 2. The molecule has 0 aromatic heterocycles. The zero-order chi connectivity index (χ0) is 37.0. The Bertz CT molecular complexity index is 1030. The van der Waals surface area contributed by atoms with Crippen LogP contribution in [0, 0.1) is 0 Å². The van der Waals surface area contributed by atoms with Crippen LogP contribution in [0.15, 0.2) is 60.8 Å². The number of phosphoric ester groups is 1. The van der Waals surface area contributed by atoms with Crippen LogP contribution < -0.4 is 5.73 Å². The van der Waals surface area contributed by atoms with E-state index in [0.717, 1.165) is 51.4 Å². The zero-order valence-corrected chi connectivity index (χ0v) is 31.9. The van der Waals surface area contributed by atoms with Crippen LogP contribution in [0.4, 0.5) is 0 Å². The number of phosphoric acid groups is 1. The third kappa shape index (κ3) is 34.1. The molecule has 2 unspecified atom stereocenters. The Kier molecular flexibility index (Phi) is 33.5. The summed E-state index contributed by atoms with van der Waals surface area (Å²) in [6.45, 7) is 3.45. The third-order valence-corrected chi connectivity index (χ3v) is 8.44. The summed E-state index contributed by atoms with van der Waals surface area (Å²) in [5.74, 6) is -0.978. The van der Waals surface area contributed by atoms with Crippen molar-refractivity contribution in [3.8, 4) is 0 Å². The molecule has 11 heteroatoms. The molecular formula is C39H68NO9P. The molecule has 0 saturated carbocycles. The maximum Gasteiger partial charge on any atom is 0.472 e. The number of ether oxygens (including phenoxy) is 2. The van der Waals surface area contributed by atoms with Gasteiger partial charge >= 0.3 is 19.8 Å². The molecule has 0 rings (SSSR count). The van der Waals surface area contributed by atoms with Gasteiger partial charge < -0.3 is 25.2 Å². The van der Waals surface area contributed by atoms with E-state index in [1.807, 2.05) is 18.2 Å². The summed E-state index contributed by atoms with van der Waals surface area (Å²) in [5, 5.41) is 10.1. The lowest BCUT2D eigenvalue weighted by Crippen LogP contribution is -2.29. The van der Waals surface area contributed by atoms with Crippen LogP contribution in [-0.2, 0) is 32.7 Å². The fourth-order valence-corrected chi connectivity index (χ4v) is 5.33. The van der Waals surface area contributed by atoms with Gasteiger partial charge in [-0.3, -0.25) is 18.6 Å². The smallest absolute Gasteiger partial charge is 0.462 e. The van der Waals surface area contributed by atoms with Crippen LogP contribution in [0.1, 0.15) is 136 Å². The summed E-state index contributed by atoms with van der Waals surface area (Å²) in [4.78, 5) is 34.6. The molecule has 0 saturated heterocycles. The number of allylic oxidation sites excluding steroid dienone is 8. The van der Waals surface area contributed by atoms with Gasteiger partial charge in [0.2, 0.25) is 0 Å². The van der Waals surface area contributed by atoms with Crippen LogP contribution in [0.3, 0.4) is 0 Å². The van der Waals surface area contributed by atoms with Crippen molar-refractivity contribution in [1.82, 2.24) is 0 Å². The minimum atomic E-state index is -4.41. The molecule has 10 nitrogen and oxygen atoms in total. The second-order valence-corrected chi connectivity index (χ2v) is 13.7. The van der Waals surface area contributed by atoms with Crippen molar-refractivity contribution in [3.63, 3.8) is 0 Å². The van der Waals surface area contributed by atoms with E-state index < -0.39 is 38.6 Å². The highest BCUT2D eigenvalue weighted by molar-refractivity contribution is 7.47. The van der Waals surface area contributed by atoms with Crippen molar-refractivity contribution >= 4 is 19.8 Å². The maximum absolute atomic E-state index is 12.5. The summed E-state index contributed by atoms with van der Waals surface area (Å²) in [5.41, 5.74) is 5.32. The fourth-order valence-electron chi connectivity index (χ4n) is 4.57. The number of aliphatic hydroxyl groups excluding tert-OH is 1.